The van der Waals surface area contributed by atoms with Gasteiger partial charge in [-0.1, -0.05) is 67.7 Å². The number of aromatic hydroxyl groups is 1. The Bertz CT molecular complexity index is 2890. The minimum Gasteiger partial charge on any atom is -0.508 e. The molecule has 2 bridgehead atoms. The number of carbonyl (C=O) groups excluding carboxylic acids is 9. The first kappa shape index (κ1) is 64.1. The summed E-state index contributed by atoms with van der Waals surface area (Å²) >= 11 is 3.50. The Kier molecular flexibility index (Phi) is 23.4. The maximum absolute atomic E-state index is 14.9. The largest absolute Gasteiger partial charge is 0.508 e. The van der Waals surface area contributed by atoms with E-state index in [1.807, 2.05) is 0 Å². The number of hydrogen-bond donors (Lipinski definition) is 10. The van der Waals surface area contributed by atoms with Crippen LogP contribution in [0.25, 0.3) is 17.0 Å². The number of hydrogen-bond acceptors (Lipinski definition) is 15. The summed E-state index contributed by atoms with van der Waals surface area (Å²) in [6.45, 7) is 13.4. The Morgan fingerprint density at radius 3 is 2.27 bits per heavy atom. The summed E-state index contributed by atoms with van der Waals surface area (Å²) in [5.74, 6) is -8.96. The fraction of sp³-hybridized carbons (Fsp3) is 0.585. The number of oxazole rings is 1. The molecule has 4 heterocycles. The van der Waals surface area contributed by atoms with Crippen LogP contribution in [0.3, 0.4) is 0 Å². The molecule has 3 aromatic rings. The van der Waals surface area contributed by atoms with E-state index >= 15 is 0 Å². The van der Waals surface area contributed by atoms with Crippen LogP contribution in [0.2, 0.25) is 0 Å². The molecular weight excluding hydrogens is 1130 g/mol. The number of carbonyl (C=O) groups is 9. The van der Waals surface area contributed by atoms with Gasteiger partial charge in [0, 0.05) is 36.5 Å². The van der Waals surface area contributed by atoms with Gasteiger partial charge >= 0.3 is 10.4 Å². The van der Waals surface area contributed by atoms with E-state index in [1.54, 1.807) is 47.6 Å². The average Bonchev–Trinajstić information content (AvgIpc) is 4.17. The van der Waals surface area contributed by atoms with Gasteiger partial charge in [-0.2, -0.15) is 8.42 Å². The normalized spacial score (nSPS) is 22.6. The van der Waals surface area contributed by atoms with Crippen LogP contribution in [-0.2, 0) is 64.2 Å². The summed E-state index contributed by atoms with van der Waals surface area (Å²) in [4.78, 5) is 135. The molecule has 1 saturated heterocycles. The lowest BCUT2D eigenvalue weighted by Crippen LogP contribution is -2.60. The molecular formula is C53H75BrN10O15S. The zero-order valence-electron chi connectivity index (χ0n) is 46.2. The van der Waals surface area contributed by atoms with Gasteiger partial charge in [0.15, 0.2) is 6.10 Å². The lowest BCUT2D eigenvalue weighted by Gasteiger charge is -2.31. The molecule has 2 unspecified atom stereocenters. The zero-order valence-corrected chi connectivity index (χ0v) is 48.6. The Morgan fingerprint density at radius 2 is 1.61 bits per heavy atom. The second-order valence-electron chi connectivity index (χ2n) is 20.8. The van der Waals surface area contributed by atoms with Crippen molar-refractivity contribution in [3.8, 4) is 5.75 Å². The van der Waals surface area contributed by atoms with Gasteiger partial charge in [-0.05, 0) is 109 Å². The van der Waals surface area contributed by atoms with Crippen LogP contribution in [0, 0.1) is 17.8 Å². The molecule has 0 aliphatic carbocycles. The fourth-order valence-electron chi connectivity index (χ4n) is 9.40. The van der Waals surface area contributed by atoms with Gasteiger partial charge in [-0.3, -0.25) is 47.7 Å². The van der Waals surface area contributed by atoms with Crippen molar-refractivity contribution in [2.75, 3.05) is 13.1 Å². The van der Waals surface area contributed by atoms with E-state index in [4.69, 9.17) is 8.60 Å². The fourth-order valence-corrected chi connectivity index (χ4v) is 10.5. The molecule has 0 radical (unpaired) electrons. The average molecular weight is 1200 g/mol. The van der Waals surface area contributed by atoms with Crippen LogP contribution < -0.4 is 37.2 Å². The van der Waals surface area contributed by atoms with Gasteiger partial charge in [0.2, 0.25) is 47.1 Å². The molecule has 25 nitrogen and oxygen atoms in total. The van der Waals surface area contributed by atoms with Crippen molar-refractivity contribution in [1.29, 1.82) is 0 Å². The van der Waals surface area contributed by atoms with Crippen LogP contribution in [0.4, 0.5) is 0 Å². The highest BCUT2D eigenvalue weighted by molar-refractivity contribution is 9.10. The van der Waals surface area contributed by atoms with Gasteiger partial charge in [-0.15, -0.1) is 0 Å². The standard InChI is InChI=1S/C53H75BrN10O15S/c1-9-14-36(60-49(71)42(28(6)10-2)63-51(73)44(29(7)11-3)79-80(75,76)77)47(69)61-37-15-12-21-55-46(68)39(25-34-33-24-32(65)18-19-35(33)59-45(34)54)58-41(66)20-17-31-26-78-52(57-31)30(8)56-50(72)43(67)38(23-27(4)5)62-48(70)40-16-13-22-64(40)53(37)74/h17-20,24,26-30,36-40,42,44,59,65H,9-16,21-23,25H2,1-8H3,(H,55,68)(H,56,72)(H,58,66)(H,60,71)(H,61,69)(H,62,70)(H,63,73)(H,75,76,77)/b20-17-/t28?,29-,30-,36-,37-,38-,39-,40-,42-,44?/m0/s1. The Morgan fingerprint density at radius 1 is 0.900 bits per heavy atom. The third-order valence-corrected chi connectivity index (χ3v) is 15.3. The van der Waals surface area contributed by atoms with Gasteiger partial charge < -0.3 is 56.6 Å². The molecule has 5 rings (SSSR count). The number of nitrogens with one attached hydrogen (secondary N) is 8. The highest BCUT2D eigenvalue weighted by Crippen LogP contribution is 2.31. The number of halogens is 1. The van der Waals surface area contributed by atoms with E-state index in [-0.39, 0.29) is 81.3 Å². The summed E-state index contributed by atoms with van der Waals surface area (Å²) in [5.41, 5.74) is 1.34. The summed E-state index contributed by atoms with van der Waals surface area (Å²) in [7, 11) is -5.09. The predicted octanol–water partition coefficient (Wildman–Crippen LogP) is 3.08. The minimum absolute atomic E-state index is 0.0130. The SMILES string of the molecule is CCC[C@H](NC(=O)[C@@H](NC(=O)C(OS(=O)(=O)O)[C@@H](C)CC)C(C)CC)C(=O)N[C@H]1CCCNC(=O)[C@H](Cc2c(Br)[nH]c3ccc(O)cc23)NC(=O)/C=C\c2coc(n2)[C@H](C)NC(=O)C(=O)[C@H](CC(C)C)NC(=O)[C@@H]2CCCN2C1=O. The number of rotatable bonds is 18. The number of H-pyrrole nitrogens is 1. The second kappa shape index (κ2) is 29.1. The van der Waals surface area contributed by atoms with Gasteiger partial charge in [-0.25, -0.2) is 9.17 Å². The molecule has 10 N–H and O–H groups in total. The zero-order chi connectivity index (χ0) is 59.2. The summed E-state index contributed by atoms with van der Waals surface area (Å²) in [6, 6.07) is -4.06. The molecule has 1 fully saturated rings. The van der Waals surface area contributed by atoms with Crippen molar-refractivity contribution in [3.05, 3.63) is 52.3 Å². The number of nitrogens with zero attached hydrogens (tertiary/aromatic N) is 2. The smallest absolute Gasteiger partial charge is 0.398 e. The first-order valence-corrected chi connectivity index (χ1v) is 29.1. The highest BCUT2D eigenvalue weighted by Gasteiger charge is 2.41. The van der Waals surface area contributed by atoms with Crippen molar-refractivity contribution in [2.24, 2.45) is 17.8 Å². The molecule has 27 heteroatoms. The maximum atomic E-state index is 14.9. The Hall–Kier alpha value is -6.71. The van der Waals surface area contributed by atoms with Crippen molar-refractivity contribution >= 4 is 96.3 Å². The maximum Gasteiger partial charge on any atom is 0.398 e. The van der Waals surface area contributed by atoms with E-state index in [0.29, 0.717) is 40.3 Å². The number of Topliss-reactive ketones (excluding diaryl/α,β-unsaturated/α-hetero) is 1. The number of phenols is 1. The molecule has 10 atom stereocenters. The molecule has 1 aromatic carbocycles. The molecule has 8 amide bonds. The number of amides is 8. The highest BCUT2D eigenvalue weighted by atomic mass is 79.9. The van der Waals surface area contributed by atoms with Crippen LogP contribution in [-0.4, -0.2) is 141 Å². The van der Waals surface area contributed by atoms with Crippen LogP contribution in [0.5, 0.6) is 5.75 Å². The Labute approximate surface area is 473 Å². The van der Waals surface area contributed by atoms with Gasteiger partial charge in [0.05, 0.1) is 10.6 Å². The van der Waals surface area contributed by atoms with E-state index in [9.17, 15) is 61.2 Å². The molecule has 0 spiro atoms. The quantitative estimate of drug-likeness (QED) is 0.0646. The monoisotopic (exact) mass is 1200 g/mol. The van der Waals surface area contributed by atoms with Crippen LogP contribution in [0.1, 0.15) is 136 Å². The lowest BCUT2D eigenvalue weighted by atomic mass is 9.95. The number of ketones is 1. The minimum atomic E-state index is -5.09. The Balaban J connectivity index is 1.48. The van der Waals surface area contributed by atoms with Crippen molar-refractivity contribution in [1.82, 2.24) is 52.1 Å². The molecule has 0 saturated carbocycles. The second-order valence-corrected chi connectivity index (χ2v) is 22.7. The van der Waals surface area contributed by atoms with E-state index in [2.05, 4.69) is 63.1 Å². The topological polar surface area (TPSA) is 367 Å². The van der Waals surface area contributed by atoms with E-state index < -0.39 is 124 Å². The first-order chi connectivity index (χ1) is 37.7. The molecule has 440 valence electrons. The number of benzene rings is 1. The molecule has 2 aliphatic rings. The molecule has 80 heavy (non-hydrogen) atoms. The van der Waals surface area contributed by atoms with E-state index in [0.717, 1.165) is 6.08 Å². The molecule has 2 aliphatic heterocycles. The predicted molar refractivity (Wildman–Crippen MR) is 295 cm³/mol. The third-order valence-electron chi connectivity index (χ3n) is 14.2. The van der Waals surface area contributed by atoms with E-state index in [1.165, 1.54) is 43.2 Å². The van der Waals surface area contributed by atoms with Crippen LogP contribution in [0.15, 0.2) is 39.6 Å². The number of phenolic OH excluding ortho intramolecular Hbond substituents is 1. The van der Waals surface area contributed by atoms with Crippen LogP contribution >= 0.6 is 15.9 Å². The van der Waals surface area contributed by atoms with Crippen molar-refractivity contribution in [2.45, 2.75) is 168 Å². The number of aromatic nitrogens is 2. The van der Waals surface area contributed by atoms with Gasteiger partial charge in [0.25, 0.3) is 11.8 Å². The van der Waals surface area contributed by atoms with Gasteiger partial charge in [0.1, 0.15) is 54.0 Å². The summed E-state index contributed by atoms with van der Waals surface area (Å²) < 4.78 is 43.7. The third kappa shape index (κ3) is 17.6. The van der Waals surface area contributed by atoms with Crippen molar-refractivity contribution in [3.63, 3.8) is 0 Å². The summed E-state index contributed by atoms with van der Waals surface area (Å²) in [6.07, 6.45) is 3.30. The lowest BCUT2D eigenvalue weighted by molar-refractivity contribution is -0.144. The van der Waals surface area contributed by atoms with Crippen molar-refractivity contribution < 1.29 is 69.8 Å². The molecule has 2 aromatic heterocycles. The number of fused-ring (bicyclic) bond motifs is 4. The number of aromatic amines is 1. The summed E-state index contributed by atoms with van der Waals surface area (Å²) in [5, 5.41) is 29.7. The first-order valence-electron chi connectivity index (χ1n) is 27.0.